The van der Waals surface area contributed by atoms with Crippen molar-refractivity contribution in [2.45, 2.75) is 64.3 Å². The first-order chi connectivity index (χ1) is 14.2. The number of guanidine groups is 1. The Balaban J connectivity index is 1.19. The SMILES string of the molecule is CN=C(NCCCC(=O)N1CCc2ccccc2C1)N1CCC2(CCCCC2)C1. The van der Waals surface area contributed by atoms with Gasteiger partial charge in [-0.1, -0.05) is 43.5 Å². The fourth-order valence-corrected chi connectivity index (χ4v) is 5.46. The Bertz CT molecular complexity index is 738. The number of fused-ring (bicyclic) bond motifs is 1. The van der Waals surface area contributed by atoms with Gasteiger partial charge in [-0.25, -0.2) is 0 Å². The molecular formula is C24H36N4O. The van der Waals surface area contributed by atoms with Crippen LogP contribution in [0.25, 0.3) is 0 Å². The molecule has 2 heterocycles. The second-order valence-corrected chi connectivity index (χ2v) is 9.14. The van der Waals surface area contributed by atoms with E-state index in [1.807, 2.05) is 11.9 Å². The molecule has 158 valence electrons. The number of amides is 1. The molecule has 0 atom stereocenters. The van der Waals surface area contributed by atoms with E-state index in [0.717, 1.165) is 51.5 Å². The van der Waals surface area contributed by atoms with E-state index >= 15 is 0 Å². The quantitative estimate of drug-likeness (QED) is 0.481. The summed E-state index contributed by atoms with van der Waals surface area (Å²) in [5, 5.41) is 3.51. The number of rotatable bonds is 4. The fraction of sp³-hybridized carbons (Fsp3) is 0.667. The number of benzene rings is 1. The lowest BCUT2D eigenvalue weighted by Crippen LogP contribution is -2.42. The summed E-state index contributed by atoms with van der Waals surface area (Å²) < 4.78 is 0. The third-order valence-electron chi connectivity index (χ3n) is 7.20. The number of likely N-dealkylation sites (tertiary alicyclic amines) is 1. The third-order valence-corrected chi connectivity index (χ3v) is 7.20. The van der Waals surface area contributed by atoms with Crippen molar-refractivity contribution < 1.29 is 4.79 Å². The molecule has 4 rings (SSSR count). The summed E-state index contributed by atoms with van der Waals surface area (Å²) in [6.45, 7) is 4.69. The molecule has 3 aliphatic rings. The van der Waals surface area contributed by atoms with Crippen molar-refractivity contribution in [2.24, 2.45) is 10.4 Å². The zero-order chi connectivity index (χ0) is 20.1. The van der Waals surface area contributed by atoms with Crippen molar-refractivity contribution >= 4 is 11.9 Å². The Labute approximate surface area is 175 Å². The lowest BCUT2D eigenvalue weighted by atomic mass is 9.73. The molecule has 1 spiro atoms. The smallest absolute Gasteiger partial charge is 0.222 e. The van der Waals surface area contributed by atoms with Crippen LogP contribution in [0, 0.1) is 5.41 Å². The van der Waals surface area contributed by atoms with E-state index in [1.165, 1.54) is 49.7 Å². The summed E-state index contributed by atoms with van der Waals surface area (Å²) in [4.78, 5) is 21.6. The second kappa shape index (κ2) is 9.19. The molecule has 1 saturated carbocycles. The van der Waals surface area contributed by atoms with Crippen LogP contribution in [0.5, 0.6) is 0 Å². The van der Waals surface area contributed by atoms with Gasteiger partial charge in [-0.05, 0) is 48.6 Å². The predicted molar refractivity (Wildman–Crippen MR) is 118 cm³/mol. The van der Waals surface area contributed by atoms with E-state index in [1.54, 1.807) is 0 Å². The molecule has 1 aromatic carbocycles. The maximum Gasteiger partial charge on any atom is 0.222 e. The fourth-order valence-electron chi connectivity index (χ4n) is 5.46. The van der Waals surface area contributed by atoms with Gasteiger partial charge in [-0.3, -0.25) is 9.79 Å². The van der Waals surface area contributed by atoms with Crippen LogP contribution in [0.15, 0.2) is 29.3 Å². The molecule has 5 heteroatoms. The minimum Gasteiger partial charge on any atom is -0.356 e. The topological polar surface area (TPSA) is 47.9 Å². The number of nitrogens with one attached hydrogen (secondary N) is 1. The Morgan fingerprint density at radius 3 is 2.66 bits per heavy atom. The van der Waals surface area contributed by atoms with Crippen LogP contribution in [0.2, 0.25) is 0 Å². The van der Waals surface area contributed by atoms with Crippen molar-refractivity contribution in [1.29, 1.82) is 0 Å². The minimum absolute atomic E-state index is 0.277. The Morgan fingerprint density at radius 1 is 1.07 bits per heavy atom. The van der Waals surface area contributed by atoms with Crippen molar-refractivity contribution in [1.82, 2.24) is 15.1 Å². The zero-order valence-electron chi connectivity index (χ0n) is 18.0. The van der Waals surface area contributed by atoms with Gasteiger partial charge in [-0.15, -0.1) is 0 Å². The van der Waals surface area contributed by atoms with Gasteiger partial charge in [0.1, 0.15) is 0 Å². The average molecular weight is 397 g/mol. The maximum absolute atomic E-state index is 12.6. The van der Waals surface area contributed by atoms with Gasteiger partial charge in [0, 0.05) is 46.2 Å². The highest BCUT2D eigenvalue weighted by Gasteiger charge is 2.39. The van der Waals surface area contributed by atoms with Crippen molar-refractivity contribution in [2.75, 3.05) is 33.2 Å². The van der Waals surface area contributed by atoms with E-state index in [2.05, 4.69) is 39.5 Å². The summed E-state index contributed by atoms with van der Waals surface area (Å²) in [6, 6.07) is 8.49. The largest absolute Gasteiger partial charge is 0.356 e. The highest BCUT2D eigenvalue weighted by atomic mass is 16.2. The van der Waals surface area contributed by atoms with Gasteiger partial charge in [0.05, 0.1) is 0 Å². The summed E-state index contributed by atoms with van der Waals surface area (Å²) in [6.07, 6.45) is 10.7. The van der Waals surface area contributed by atoms with Crippen molar-refractivity contribution in [3.63, 3.8) is 0 Å². The molecule has 0 unspecified atom stereocenters. The molecule has 1 aliphatic carbocycles. The van der Waals surface area contributed by atoms with Crippen molar-refractivity contribution in [3.8, 4) is 0 Å². The highest BCUT2D eigenvalue weighted by Crippen LogP contribution is 2.43. The predicted octanol–water partition coefficient (Wildman–Crippen LogP) is 3.58. The molecule has 1 aromatic rings. The number of carbonyl (C=O) groups is 1. The van der Waals surface area contributed by atoms with Gasteiger partial charge in [0.15, 0.2) is 5.96 Å². The minimum atomic E-state index is 0.277. The number of nitrogens with zero attached hydrogens (tertiary/aromatic N) is 3. The van der Waals surface area contributed by atoms with Gasteiger partial charge in [0.2, 0.25) is 5.91 Å². The van der Waals surface area contributed by atoms with Gasteiger partial charge < -0.3 is 15.1 Å². The average Bonchev–Trinajstić information content (AvgIpc) is 3.16. The number of hydrogen-bond acceptors (Lipinski definition) is 2. The summed E-state index contributed by atoms with van der Waals surface area (Å²) in [5.41, 5.74) is 3.23. The summed E-state index contributed by atoms with van der Waals surface area (Å²) in [5.74, 6) is 1.30. The van der Waals surface area contributed by atoms with Crippen LogP contribution in [-0.4, -0.2) is 54.9 Å². The van der Waals surface area contributed by atoms with Crippen LogP contribution in [-0.2, 0) is 17.8 Å². The molecular weight excluding hydrogens is 360 g/mol. The molecule has 1 saturated heterocycles. The molecule has 1 N–H and O–H groups in total. The van der Waals surface area contributed by atoms with Crippen LogP contribution in [0.1, 0.15) is 62.5 Å². The monoisotopic (exact) mass is 396 g/mol. The van der Waals surface area contributed by atoms with Crippen LogP contribution >= 0.6 is 0 Å². The molecule has 2 fully saturated rings. The summed E-state index contributed by atoms with van der Waals surface area (Å²) >= 11 is 0. The normalized spacial score (nSPS) is 21.3. The third kappa shape index (κ3) is 4.76. The van der Waals surface area contributed by atoms with E-state index < -0.39 is 0 Å². The zero-order valence-corrected chi connectivity index (χ0v) is 18.0. The van der Waals surface area contributed by atoms with E-state index in [0.29, 0.717) is 11.8 Å². The Hall–Kier alpha value is -2.04. The van der Waals surface area contributed by atoms with Gasteiger partial charge in [-0.2, -0.15) is 0 Å². The van der Waals surface area contributed by atoms with Crippen LogP contribution < -0.4 is 5.32 Å². The standard InChI is InChI=1S/C24H36N4O/c1-25-23(28-17-14-24(19-28)12-5-2-6-13-24)26-15-7-10-22(29)27-16-11-20-8-3-4-9-21(20)18-27/h3-4,8-9H,2,5-7,10-19H2,1H3,(H,25,26). The highest BCUT2D eigenvalue weighted by molar-refractivity contribution is 5.80. The van der Waals surface area contributed by atoms with Crippen LogP contribution in [0.4, 0.5) is 0 Å². The molecule has 0 radical (unpaired) electrons. The molecule has 0 aromatic heterocycles. The molecule has 5 nitrogen and oxygen atoms in total. The first-order valence-corrected chi connectivity index (χ1v) is 11.5. The Kier molecular flexibility index (Phi) is 6.41. The van der Waals surface area contributed by atoms with Gasteiger partial charge in [0.25, 0.3) is 0 Å². The Morgan fingerprint density at radius 2 is 1.86 bits per heavy atom. The number of aliphatic imine (C=N–C) groups is 1. The van der Waals surface area contributed by atoms with E-state index in [-0.39, 0.29) is 5.91 Å². The number of hydrogen-bond donors (Lipinski definition) is 1. The first-order valence-electron chi connectivity index (χ1n) is 11.5. The first kappa shape index (κ1) is 20.2. The molecule has 2 aliphatic heterocycles. The lowest BCUT2D eigenvalue weighted by Gasteiger charge is -2.33. The molecule has 1 amide bonds. The van der Waals surface area contributed by atoms with E-state index in [4.69, 9.17) is 0 Å². The molecule has 29 heavy (non-hydrogen) atoms. The lowest BCUT2D eigenvalue weighted by molar-refractivity contribution is -0.132. The maximum atomic E-state index is 12.6. The molecule has 0 bridgehead atoms. The second-order valence-electron chi connectivity index (χ2n) is 9.14. The van der Waals surface area contributed by atoms with Crippen molar-refractivity contribution in [3.05, 3.63) is 35.4 Å². The van der Waals surface area contributed by atoms with Gasteiger partial charge >= 0.3 is 0 Å². The van der Waals surface area contributed by atoms with E-state index in [9.17, 15) is 4.79 Å². The number of carbonyl (C=O) groups excluding carboxylic acids is 1. The van der Waals surface area contributed by atoms with Crippen LogP contribution in [0.3, 0.4) is 0 Å². The summed E-state index contributed by atoms with van der Waals surface area (Å²) in [7, 11) is 1.88.